The summed E-state index contributed by atoms with van der Waals surface area (Å²) in [6, 6.07) is 10.8. The van der Waals surface area contributed by atoms with Gasteiger partial charge in [-0.3, -0.25) is 4.79 Å². The first kappa shape index (κ1) is 22.2. The molecule has 3 rings (SSSR count). The molecule has 0 aromatic heterocycles. The molecule has 1 fully saturated rings. The third-order valence-electron chi connectivity index (χ3n) is 5.95. The van der Waals surface area contributed by atoms with Gasteiger partial charge in [-0.25, -0.2) is 8.78 Å². The molecule has 5 nitrogen and oxygen atoms in total. The monoisotopic (exact) mass is 419 g/mol. The van der Waals surface area contributed by atoms with Gasteiger partial charge in [-0.2, -0.15) is 0 Å². The number of likely N-dealkylation sites (N-methyl/N-ethyl adjacent to an activating group) is 1. The van der Waals surface area contributed by atoms with Crippen molar-refractivity contribution in [2.75, 3.05) is 40.3 Å². The molecule has 2 aromatic rings. The Hall–Kier alpha value is -2.51. The fourth-order valence-electron chi connectivity index (χ4n) is 4.18. The highest BCUT2D eigenvalue weighted by molar-refractivity contribution is 5.79. The first-order chi connectivity index (χ1) is 14.4. The van der Waals surface area contributed by atoms with Crippen LogP contribution >= 0.6 is 0 Å². The minimum atomic E-state index is -0.291. The number of nitrogens with one attached hydrogen (secondary N) is 2. The highest BCUT2D eigenvalue weighted by atomic mass is 19.1. The molecule has 2 aromatic carbocycles. The van der Waals surface area contributed by atoms with Crippen molar-refractivity contribution in [2.24, 2.45) is 0 Å². The molecule has 1 aliphatic heterocycles. The number of ether oxygens (including phenoxy) is 1. The Kier molecular flexibility index (Phi) is 7.39. The summed E-state index contributed by atoms with van der Waals surface area (Å²) >= 11 is 0. The highest BCUT2D eigenvalue weighted by Gasteiger charge is 2.33. The molecule has 0 unspecified atom stereocenters. The number of quaternary nitrogens is 2. The fraction of sp³-hybridized carbons (Fsp3) is 0.435. The van der Waals surface area contributed by atoms with E-state index in [0.29, 0.717) is 18.8 Å². The van der Waals surface area contributed by atoms with Crippen LogP contribution < -0.4 is 14.5 Å². The Balaban J connectivity index is 1.52. The predicted octanol–water partition coefficient (Wildman–Crippen LogP) is 0.304. The van der Waals surface area contributed by atoms with Crippen LogP contribution in [0.4, 0.5) is 8.78 Å². The third-order valence-corrected chi connectivity index (χ3v) is 5.95. The van der Waals surface area contributed by atoms with Gasteiger partial charge in [-0.1, -0.05) is 12.1 Å². The zero-order chi connectivity index (χ0) is 21.7. The maximum absolute atomic E-state index is 13.6. The van der Waals surface area contributed by atoms with Crippen molar-refractivity contribution in [3.63, 3.8) is 0 Å². The zero-order valence-electron chi connectivity index (χ0n) is 17.9. The topological polar surface area (TPSA) is 38.4 Å². The molecule has 2 N–H and O–H groups in total. The van der Waals surface area contributed by atoms with Gasteiger partial charge in [0.05, 0.1) is 12.7 Å². The summed E-state index contributed by atoms with van der Waals surface area (Å²) in [6.07, 6.45) is 0. The molecule has 0 radical (unpaired) electrons. The van der Waals surface area contributed by atoms with Gasteiger partial charge in [0.2, 0.25) is 0 Å². The van der Waals surface area contributed by atoms with Crippen LogP contribution in [-0.4, -0.2) is 57.2 Å². The molecular formula is C23H31F2N3O2+2. The number of methoxy groups -OCH3 is 1. The summed E-state index contributed by atoms with van der Waals surface area (Å²) in [5.74, 6) is 0.224. The number of piperazine rings is 1. The van der Waals surface area contributed by atoms with Gasteiger partial charge in [-0.05, 0) is 42.8 Å². The van der Waals surface area contributed by atoms with Crippen molar-refractivity contribution in [3.05, 3.63) is 65.2 Å². The minimum absolute atomic E-state index is 0.0597. The number of amides is 1. The molecule has 0 aliphatic carbocycles. The van der Waals surface area contributed by atoms with Crippen molar-refractivity contribution in [2.45, 2.75) is 26.1 Å². The second-order valence-corrected chi connectivity index (χ2v) is 8.09. The number of halogens is 2. The van der Waals surface area contributed by atoms with Gasteiger partial charge in [0, 0.05) is 13.6 Å². The lowest BCUT2D eigenvalue weighted by Crippen LogP contribution is -3.29. The Bertz CT molecular complexity index is 869. The average Bonchev–Trinajstić information content (AvgIpc) is 2.73. The molecule has 0 bridgehead atoms. The number of carbonyl (C=O) groups excluding carboxylic acids is 1. The number of benzene rings is 2. The largest absolute Gasteiger partial charge is 0.496 e. The van der Waals surface area contributed by atoms with E-state index < -0.39 is 0 Å². The van der Waals surface area contributed by atoms with E-state index in [-0.39, 0.29) is 23.6 Å². The number of carbonyl (C=O) groups is 1. The van der Waals surface area contributed by atoms with Crippen LogP contribution in [0.25, 0.3) is 0 Å². The lowest BCUT2D eigenvalue weighted by Gasteiger charge is -2.34. The maximum atomic E-state index is 13.6. The second kappa shape index (κ2) is 10.00. The Labute approximate surface area is 176 Å². The molecule has 0 spiro atoms. The van der Waals surface area contributed by atoms with Crippen LogP contribution in [0.1, 0.15) is 18.1 Å². The van der Waals surface area contributed by atoms with Crippen molar-refractivity contribution >= 4 is 5.91 Å². The van der Waals surface area contributed by atoms with Gasteiger partial charge in [0.25, 0.3) is 5.91 Å². The smallest absolute Gasteiger partial charge is 0.280 e. The summed E-state index contributed by atoms with van der Waals surface area (Å²) in [7, 11) is 3.36. The molecule has 1 atom stereocenters. The van der Waals surface area contributed by atoms with Gasteiger partial charge in [0.15, 0.2) is 6.04 Å². The number of rotatable bonds is 7. The second-order valence-electron chi connectivity index (χ2n) is 8.09. The molecule has 1 amide bonds. The van der Waals surface area contributed by atoms with E-state index in [0.717, 1.165) is 37.3 Å². The molecule has 1 aliphatic rings. The Morgan fingerprint density at radius 3 is 2.47 bits per heavy atom. The molecule has 162 valence electrons. The van der Waals surface area contributed by atoms with Crippen molar-refractivity contribution in [1.29, 1.82) is 0 Å². The van der Waals surface area contributed by atoms with Gasteiger partial charge >= 0.3 is 0 Å². The summed E-state index contributed by atoms with van der Waals surface area (Å²) in [5.41, 5.74) is 1.65. The van der Waals surface area contributed by atoms with E-state index in [4.69, 9.17) is 4.74 Å². The van der Waals surface area contributed by atoms with E-state index in [1.54, 1.807) is 37.3 Å². The van der Waals surface area contributed by atoms with Crippen LogP contribution in [0.3, 0.4) is 0 Å². The molecule has 0 saturated carbocycles. The van der Waals surface area contributed by atoms with Gasteiger partial charge in [-0.15, -0.1) is 0 Å². The molecule has 1 saturated heterocycles. The van der Waals surface area contributed by atoms with Crippen LogP contribution in [0.2, 0.25) is 0 Å². The van der Waals surface area contributed by atoms with E-state index in [1.165, 1.54) is 28.0 Å². The standard InChI is InChI=1S/C23H29F2N3O2/c1-17(23(29)26(2)15-18-5-4-6-20(24)13-18)28-11-9-27(10-12-28)16-19-14-21(25)7-8-22(19)30-3/h4-8,13-14,17H,9-12,15-16H2,1-3H3/p+2/t17-/m1/s1. The van der Waals surface area contributed by atoms with Crippen LogP contribution in [0, 0.1) is 11.6 Å². The van der Waals surface area contributed by atoms with Crippen molar-refractivity contribution in [3.8, 4) is 5.75 Å². The van der Waals surface area contributed by atoms with E-state index in [2.05, 4.69) is 0 Å². The van der Waals surface area contributed by atoms with Crippen LogP contribution in [0.15, 0.2) is 42.5 Å². The van der Waals surface area contributed by atoms with Gasteiger partial charge < -0.3 is 19.4 Å². The van der Waals surface area contributed by atoms with E-state index >= 15 is 0 Å². The number of hydrogen-bond donors (Lipinski definition) is 2. The molecule has 30 heavy (non-hydrogen) atoms. The van der Waals surface area contributed by atoms with Gasteiger partial charge in [0.1, 0.15) is 50.1 Å². The quantitative estimate of drug-likeness (QED) is 0.678. The first-order valence-electron chi connectivity index (χ1n) is 10.4. The summed E-state index contributed by atoms with van der Waals surface area (Å²) in [5, 5.41) is 0. The molecular weight excluding hydrogens is 388 g/mol. The van der Waals surface area contributed by atoms with Crippen LogP contribution in [0.5, 0.6) is 5.75 Å². The van der Waals surface area contributed by atoms with Crippen LogP contribution in [-0.2, 0) is 17.9 Å². The Morgan fingerprint density at radius 2 is 1.80 bits per heavy atom. The third kappa shape index (κ3) is 5.55. The number of hydrogen-bond acceptors (Lipinski definition) is 2. The molecule has 1 heterocycles. The zero-order valence-corrected chi connectivity index (χ0v) is 17.9. The first-order valence-corrected chi connectivity index (χ1v) is 10.4. The van der Waals surface area contributed by atoms with Crippen molar-refractivity contribution < 1.29 is 28.1 Å². The lowest BCUT2D eigenvalue weighted by molar-refractivity contribution is -1.02. The normalized spacial score (nSPS) is 19.9. The summed E-state index contributed by atoms with van der Waals surface area (Å²) in [6.45, 7) is 6.60. The minimum Gasteiger partial charge on any atom is -0.496 e. The van der Waals surface area contributed by atoms with Crippen molar-refractivity contribution in [1.82, 2.24) is 4.90 Å². The molecule has 7 heteroatoms. The average molecular weight is 420 g/mol. The fourth-order valence-corrected chi connectivity index (χ4v) is 4.18. The number of nitrogens with zero attached hydrogens (tertiary/aromatic N) is 1. The summed E-state index contributed by atoms with van der Waals surface area (Å²) in [4.78, 5) is 17.1. The SMILES string of the molecule is COc1ccc(F)cc1C[NH+]1CC[NH+]([C@H](C)C(=O)N(C)Cc2cccc(F)c2)CC1. The highest BCUT2D eigenvalue weighted by Crippen LogP contribution is 2.18. The lowest BCUT2D eigenvalue weighted by atomic mass is 10.1. The Morgan fingerprint density at radius 1 is 1.10 bits per heavy atom. The van der Waals surface area contributed by atoms with E-state index in [9.17, 15) is 13.6 Å². The van der Waals surface area contributed by atoms with E-state index in [1.807, 2.05) is 13.0 Å². The maximum Gasteiger partial charge on any atom is 0.280 e. The summed E-state index contributed by atoms with van der Waals surface area (Å²) < 4.78 is 32.4. The predicted molar refractivity (Wildman–Crippen MR) is 110 cm³/mol.